The molecule has 1 aromatic carbocycles. The lowest BCUT2D eigenvalue weighted by Crippen LogP contribution is -2.40. The van der Waals surface area contributed by atoms with Gasteiger partial charge in [0.05, 0.1) is 30.1 Å². The normalized spacial score (nSPS) is 17.0. The molecule has 0 radical (unpaired) electrons. The minimum absolute atomic E-state index is 0.0194. The molecule has 2 aliphatic rings. The van der Waals surface area contributed by atoms with E-state index in [0.717, 1.165) is 30.3 Å². The quantitative estimate of drug-likeness (QED) is 0.439. The molecule has 1 saturated carbocycles. The van der Waals surface area contributed by atoms with E-state index in [1.54, 1.807) is 0 Å². The van der Waals surface area contributed by atoms with Crippen molar-refractivity contribution in [3.8, 4) is 6.07 Å². The number of hydrogen-bond acceptors (Lipinski definition) is 6. The van der Waals surface area contributed by atoms with Crippen LogP contribution in [0.3, 0.4) is 0 Å². The third-order valence-electron chi connectivity index (χ3n) is 5.57. The van der Waals surface area contributed by atoms with E-state index >= 15 is 0 Å². The number of hydrogen-bond donors (Lipinski definition) is 3. The summed E-state index contributed by atoms with van der Waals surface area (Å²) in [4.78, 5) is 46.8. The molecule has 4 amide bonds. The minimum Gasteiger partial charge on any atom is -0.350 e. The number of para-hydroxylation sites is 1. The number of aromatic nitrogens is 1. The van der Waals surface area contributed by atoms with E-state index in [1.165, 1.54) is 24.7 Å². The molecule has 1 saturated heterocycles. The highest BCUT2D eigenvalue weighted by Gasteiger charge is 2.32. The van der Waals surface area contributed by atoms with Crippen molar-refractivity contribution >= 4 is 36.0 Å². The monoisotopic (exact) mass is 576 g/mol. The molecular formula is C28H35F3N6O4. The van der Waals surface area contributed by atoms with Crippen molar-refractivity contribution in [3.05, 3.63) is 54.4 Å². The summed E-state index contributed by atoms with van der Waals surface area (Å²) in [6.45, 7) is 6.08. The molecule has 222 valence electrons. The Hall–Kier alpha value is -4.47. The van der Waals surface area contributed by atoms with E-state index in [-0.39, 0.29) is 24.2 Å². The molecule has 2 aromatic rings. The number of rotatable bonds is 6. The van der Waals surface area contributed by atoms with Crippen LogP contribution in [-0.2, 0) is 25.4 Å². The average Bonchev–Trinajstić information content (AvgIpc) is 3.62. The van der Waals surface area contributed by atoms with Gasteiger partial charge in [-0.05, 0) is 36.5 Å². The van der Waals surface area contributed by atoms with Crippen molar-refractivity contribution < 1.29 is 32.3 Å². The molecule has 2 atom stereocenters. The van der Waals surface area contributed by atoms with Crippen LogP contribution in [-0.4, -0.2) is 53.6 Å². The molecule has 3 N–H and O–H groups in total. The predicted molar refractivity (Wildman–Crippen MR) is 147 cm³/mol. The van der Waals surface area contributed by atoms with Gasteiger partial charge in [-0.1, -0.05) is 44.9 Å². The van der Waals surface area contributed by atoms with Crippen LogP contribution in [0.25, 0.3) is 0 Å². The third-order valence-corrected chi connectivity index (χ3v) is 5.57. The van der Waals surface area contributed by atoms with Crippen molar-refractivity contribution in [3.63, 3.8) is 0 Å². The molecule has 41 heavy (non-hydrogen) atoms. The van der Waals surface area contributed by atoms with E-state index in [1.807, 2.05) is 37.3 Å². The molecule has 0 spiro atoms. The van der Waals surface area contributed by atoms with Crippen LogP contribution >= 0.6 is 0 Å². The van der Waals surface area contributed by atoms with Crippen molar-refractivity contribution in [1.29, 1.82) is 5.26 Å². The fraction of sp³-hybridized carbons (Fsp3) is 0.429. The minimum atomic E-state index is -4.44. The van der Waals surface area contributed by atoms with Crippen molar-refractivity contribution in [2.75, 3.05) is 23.7 Å². The first-order valence-corrected chi connectivity index (χ1v) is 12.8. The second-order valence-corrected chi connectivity index (χ2v) is 9.48. The third kappa shape index (κ3) is 15.0. The summed E-state index contributed by atoms with van der Waals surface area (Å²) in [5.74, 6) is 0.818. The number of anilines is 2. The fourth-order valence-corrected chi connectivity index (χ4v) is 3.31. The highest BCUT2D eigenvalue weighted by atomic mass is 19.4. The number of amides is 4. The van der Waals surface area contributed by atoms with Crippen LogP contribution in [0.2, 0.25) is 0 Å². The van der Waals surface area contributed by atoms with E-state index in [9.17, 15) is 32.3 Å². The maximum atomic E-state index is 12.2. The first-order valence-electron chi connectivity index (χ1n) is 12.8. The Morgan fingerprint density at radius 2 is 1.71 bits per heavy atom. The zero-order chi connectivity index (χ0) is 30.8. The van der Waals surface area contributed by atoms with Crippen molar-refractivity contribution in [2.24, 2.45) is 11.8 Å². The fourth-order valence-electron chi connectivity index (χ4n) is 3.31. The Morgan fingerprint density at radius 1 is 1.07 bits per heavy atom. The number of alkyl halides is 3. The maximum absolute atomic E-state index is 12.2. The Balaban J connectivity index is 0.000000292. The lowest BCUT2D eigenvalue weighted by Gasteiger charge is -2.18. The lowest BCUT2D eigenvalue weighted by molar-refractivity contribution is -0.138. The summed E-state index contributed by atoms with van der Waals surface area (Å²) in [5.41, 5.74) is -0.0245. The Morgan fingerprint density at radius 3 is 2.20 bits per heavy atom. The second-order valence-electron chi connectivity index (χ2n) is 9.48. The SMILES string of the molecule is CC(=O)Nc1cncc(C(F)(F)F)c1.CC1CC(C#N)N(C(=O)CNC=O)C1.CC1CC1.O=CNc1ccccc1. The average molecular weight is 577 g/mol. The van der Waals surface area contributed by atoms with Crippen LogP contribution in [0.15, 0.2) is 48.8 Å². The van der Waals surface area contributed by atoms with Gasteiger partial charge in [0.1, 0.15) is 6.04 Å². The topological polar surface area (TPSA) is 144 Å². The Bertz CT molecular complexity index is 1150. The molecule has 13 heteroatoms. The number of benzene rings is 1. The van der Waals surface area contributed by atoms with E-state index in [4.69, 9.17) is 5.26 Å². The summed E-state index contributed by atoms with van der Waals surface area (Å²) < 4.78 is 36.5. The maximum Gasteiger partial charge on any atom is 0.417 e. The van der Waals surface area contributed by atoms with Gasteiger partial charge >= 0.3 is 6.18 Å². The molecule has 1 aromatic heterocycles. The van der Waals surface area contributed by atoms with Crippen LogP contribution in [0.1, 0.15) is 45.6 Å². The summed E-state index contributed by atoms with van der Waals surface area (Å²) >= 11 is 0. The summed E-state index contributed by atoms with van der Waals surface area (Å²) in [7, 11) is 0. The molecular weight excluding hydrogens is 541 g/mol. The second kappa shape index (κ2) is 18.0. The van der Waals surface area contributed by atoms with Crippen LogP contribution < -0.4 is 16.0 Å². The van der Waals surface area contributed by atoms with Crippen molar-refractivity contribution in [1.82, 2.24) is 15.2 Å². The van der Waals surface area contributed by atoms with Gasteiger partial charge in [-0.2, -0.15) is 18.4 Å². The van der Waals surface area contributed by atoms with Gasteiger partial charge in [-0.25, -0.2) is 0 Å². The zero-order valence-corrected chi connectivity index (χ0v) is 23.1. The van der Waals surface area contributed by atoms with Gasteiger partial charge in [0.15, 0.2) is 0 Å². The summed E-state index contributed by atoms with van der Waals surface area (Å²) in [6, 6.07) is 11.9. The van der Waals surface area contributed by atoms with Gasteiger partial charge in [0.25, 0.3) is 0 Å². The standard InChI is InChI=1S/C9H13N3O2.C8H7F3N2O.C7H7NO.C4H8/c1-7-2-8(3-10)12(5-7)9(14)4-11-6-13;1-5(14)13-7-2-6(3-12-4-7)8(9,10)11;9-6-8-7-4-2-1-3-5-7;1-4-2-3-4/h6-8H,2,4-5H2,1H3,(H,11,13);2-4H,1H3,(H,13,14);1-6H,(H,8,9);4H,2-3H2,1H3. The number of nitrogens with zero attached hydrogens (tertiary/aromatic N) is 3. The van der Waals surface area contributed by atoms with Gasteiger partial charge in [-0.3, -0.25) is 24.2 Å². The largest absolute Gasteiger partial charge is 0.417 e. The van der Waals surface area contributed by atoms with Gasteiger partial charge in [0, 0.05) is 25.4 Å². The summed E-state index contributed by atoms with van der Waals surface area (Å²) in [6.07, 6.45) is 2.25. The number of nitrogens with one attached hydrogen (secondary N) is 3. The number of likely N-dealkylation sites (tertiary alicyclic amines) is 1. The number of halogens is 3. The van der Waals surface area contributed by atoms with E-state index in [0.29, 0.717) is 31.5 Å². The van der Waals surface area contributed by atoms with Gasteiger partial charge < -0.3 is 20.9 Å². The van der Waals surface area contributed by atoms with Crippen LogP contribution in [0.4, 0.5) is 24.5 Å². The predicted octanol–water partition coefficient (Wildman–Crippen LogP) is 4.22. The molecule has 1 aliphatic carbocycles. The van der Waals surface area contributed by atoms with Gasteiger partial charge in [0.2, 0.25) is 24.6 Å². The highest BCUT2D eigenvalue weighted by Crippen LogP contribution is 2.30. The molecule has 1 aliphatic heterocycles. The van der Waals surface area contributed by atoms with Crippen molar-refractivity contribution in [2.45, 2.75) is 52.3 Å². The lowest BCUT2D eigenvalue weighted by atomic mass is 10.1. The highest BCUT2D eigenvalue weighted by molar-refractivity contribution is 5.88. The first kappa shape index (κ1) is 34.6. The smallest absolute Gasteiger partial charge is 0.350 e. The number of nitriles is 1. The molecule has 10 nitrogen and oxygen atoms in total. The zero-order valence-electron chi connectivity index (χ0n) is 23.1. The molecule has 2 unspecified atom stereocenters. The number of carbonyl (C=O) groups is 4. The van der Waals surface area contributed by atoms with E-state index in [2.05, 4.69) is 33.9 Å². The molecule has 0 bridgehead atoms. The first-order chi connectivity index (χ1) is 19.4. The summed E-state index contributed by atoms with van der Waals surface area (Å²) in [5, 5.41) is 15.8. The van der Waals surface area contributed by atoms with E-state index < -0.39 is 17.6 Å². The Labute approximate surface area is 237 Å². The number of pyridine rings is 1. The molecule has 2 fully saturated rings. The van der Waals surface area contributed by atoms with Gasteiger partial charge in [-0.15, -0.1) is 0 Å². The molecule has 4 rings (SSSR count). The van der Waals surface area contributed by atoms with Crippen LogP contribution in [0, 0.1) is 23.2 Å². The Kier molecular flexibility index (Phi) is 15.2. The molecule has 2 heterocycles. The van der Waals surface area contributed by atoms with Crippen LogP contribution in [0.5, 0.6) is 0 Å². The number of carbonyl (C=O) groups excluding carboxylic acids is 4.